The topological polar surface area (TPSA) is 87.3 Å². The van der Waals surface area contributed by atoms with Crippen LogP contribution in [-0.4, -0.2) is 26.7 Å². The number of amides is 1. The summed E-state index contributed by atoms with van der Waals surface area (Å²) in [6, 6.07) is 20.5. The lowest BCUT2D eigenvalue weighted by Gasteiger charge is -2.14. The smallest absolute Gasteiger partial charge is 0.332 e. The average molecular weight is 497 g/mol. The van der Waals surface area contributed by atoms with Crippen molar-refractivity contribution in [2.45, 2.75) is 26.9 Å². The van der Waals surface area contributed by atoms with E-state index in [4.69, 9.17) is 4.74 Å². The van der Waals surface area contributed by atoms with E-state index in [1.807, 2.05) is 68.4 Å². The van der Waals surface area contributed by atoms with E-state index in [0.29, 0.717) is 27.9 Å². The molecule has 2 aromatic heterocycles. The normalized spacial score (nSPS) is 11.2. The summed E-state index contributed by atoms with van der Waals surface area (Å²) in [6.07, 6.45) is 0. The van der Waals surface area contributed by atoms with E-state index in [9.17, 15) is 14.4 Å². The van der Waals surface area contributed by atoms with Crippen molar-refractivity contribution in [1.29, 1.82) is 0 Å². The summed E-state index contributed by atoms with van der Waals surface area (Å²) in [5.74, 6) is 0.227. The number of anilines is 1. The first kappa shape index (κ1) is 24.1. The van der Waals surface area contributed by atoms with Gasteiger partial charge in [0.15, 0.2) is 0 Å². The lowest BCUT2D eigenvalue weighted by molar-refractivity contribution is -0.116. The van der Waals surface area contributed by atoms with Crippen LogP contribution in [-0.2, 0) is 24.9 Å². The number of aromatic nitrogens is 3. The number of carbonyl (C=O) groups excluding carboxylic acids is 1. The molecule has 37 heavy (non-hydrogen) atoms. The molecule has 1 N–H and O–H groups in total. The van der Waals surface area contributed by atoms with E-state index < -0.39 is 11.2 Å². The van der Waals surface area contributed by atoms with Gasteiger partial charge in [0.2, 0.25) is 5.91 Å². The zero-order valence-electron chi connectivity index (χ0n) is 21.2. The minimum atomic E-state index is -0.549. The highest BCUT2D eigenvalue weighted by molar-refractivity contribution is 6.06. The number of hydrogen-bond donors (Lipinski definition) is 1. The molecule has 0 aliphatic heterocycles. The van der Waals surface area contributed by atoms with E-state index in [-0.39, 0.29) is 19.0 Å². The molecule has 5 aromatic rings. The first-order chi connectivity index (χ1) is 17.8. The van der Waals surface area contributed by atoms with Gasteiger partial charge in [-0.3, -0.25) is 18.7 Å². The summed E-state index contributed by atoms with van der Waals surface area (Å²) in [5, 5.41) is 3.57. The predicted molar refractivity (Wildman–Crippen MR) is 146 cm³/mol. The molecule has 0 unspecified atom stereocenters. The largest absolute Gasteiger partial charge is 0.497 e. The summed E-state index contributed by atoms with van der Waals surface area (Å²) in [7, 11) is 3.35. The third kappa shape index (κ3) is 4.42. The lowest BCUT2D eigenvalue weighted by Crippen LogP contribution is -2.42. The molecule has 2 heterocycles. The third-order valence-electron chi connectivity index (χ3n) is 6.55. The average Bonchev–Trinajstić information content (AvgIpc) is 3.16. The number of carbonyl (C=O) groups is 1. The van der Waals surface area contributed by atoms with Crippen LogP contribution in [0.4, 0.5) is 5.69 Å². The maximum atomic E-state index is 13.8. The minimum Gasteiger partial charge on any atom is -0.497 e. The van der Waals surface area contributed by atoms with Gasteiger partial charge in [-0.05, 0) is 60.9 Å². The van der Waals surface area contributed by atoms with Gasteiger partial charge in [-0.1, -0.05) is 36.4 Å². The Labute approximate surface area is 213 Å². The zero-order valence-corrected chi connectivity index (χ0v) is 21.2. The fourth-order valence-electron chi connectivity index (χ4n) is 4.95. The number of rotatable bonds is 6. The summed E-state index contributed by atoms with van der Waals surface area (Å²) >= 11 is 0. The fraction of sp³-hybridized carbons (Fsp3) is 0.207. The second kappa shape index (κ2) is 9.46. The number of aryl methyl sites for hydroxylation is 3. The van der Waals surface area contributed by atoms with Crippen LogP contribution < -0.4 is 21.3 Å². The van der Waals surface area contributed by atoms with Gasteiger partial charge in [0.25, 0.3) is 5.56 Å². The Morgan fingerprint density at radius 2 is 1.59 bits per heavy atom. The maximum absolute atomic E-state index is 13.8. The molecule has 0 atom stereocenters. The molecule has 3 aromatic carbocycles. The number of hydrogen-bond acceptors (Lipinski definition) is 4. The van der Waals surface area contributed by atoms with Crippen LogP contribution in [0.2, 0.25) is 0 Å². The van der Waals surface area contributed by atoms with E-state index in [1.165, 1.54) is 9.13 Å². The van der Waals surface area contributed by atoms with Crippen molar-refractivity contribution >= 4 is 33.5 Å². The first-order valence-electron chi connectivity index (χ1n) is 12.0. The van der Waals surface area contributed by atoms with E-state index in [1.54, 1.807) is 30.9 Å². The van der Waals surface area contributed by atoms with Crippen molar-refractivity contribution in [2.24, 2.45) is 7.05 Å². The molecular weight excluding hydrogens is 468 g/mol. The van der Waals surface area contributed by atoms with Gasteiger partial charge in [-0.25, -0.2) is 4.79 Å². The molecule has 0 saturated carbocycles. The highest BCUT2D eigenvalue weighted by Crippen LogP contribution is 2.29. The Morgan fingerprint density at radius 1 is 0.892 bits per heavy atom. The molecule has 0 saturated heterocycles. The van der Waals surface area contributed by atoms with Gasteiger partial charge in [0, 0.05) is 18.1 Å². The molecule has 8 nitrogen and oxygen atoms in total. The molecular formula is C29H28N4O4. The summed E-state index contributed by atoms with van der Waals surface area (Å²) in [5.41, 5.74) is 4.06. The standard InChI is InChI=1S/C29H28N4O4/c1-18-12-19(2)14-21(13-18)30-25(34)17-32-26-23-15-22(37-4)10-11-24(23)31(3)27(26)28(35)33(29(32)36)16-20-8-6-5-7-9-20/h5-15H,16-17H2,1-4H3,(H,30,34). The van der Waals surface area contributed by atoms with Gasteiger partial charge in [0.05, 0.1) is 24.7 Å². The Hall–Kier alpha value is -4.59. The first-order valence-corrected chi connectivity index (χ1v) is 12.0. The SMILES string of the molecule is COc1ccc2c(c1)c1c(c(=O)n(Cc3ccccc3)c(=O)n1CC(=O)Nc1cc(C)cc(C)c1)n2C. The summed E-state index contributed by atoms with van der Waals surface area (Å²) < 4.78 is 9.76. The Morgan fingerprint density at radius 3 is 2.27 bits per heavy atom. The van der Waals surface area contributed by atoms with E-state index >= 15 is 0 Å². The number of ether oxygens (including phenoxy) is 1. The van der Waals surface area contributed by atoms with Crippen molar-refractivity contribution in [3.8, 4) is 5.75 Å². The summed E-state index contributed by atoms with van der Waals surface area (Å²) in [4.78, 5) is 40.7. The van der Waals surface area contributed by atoms with E-state index in [0.717, 1.165) is 22.2 Å². The summed E-state index contributed by atoms with van der Waals surface area (Å²) in [6.45, 7) is 3.75. The number of benzene rings is 3. The second-order valence-electron chi connectivity index (χ2n) is 9.31. The van der Waals surface area contributed by atoms with Crippen LogP contribution in [0.5, 0.6) is 5.75 Å². The molecule has 0 fully saturated rings. The van der Waals surface area contributed by atoms with Gasteiger partial charge in [-0.15, -0.1) is 0 Å². The number of nitrogens with one attached hydrogen (secondary N) is 1. The van der Waals surface area contributed by atoms with Crippen molar-refractivity contribution in [1.82, 2.24) is 13.7 Å². The minimum absolute atomic E-state index is 0.0952. The predicted octanol–water partition coefficient (Wildman–Crippen LogP) is 3.97. The number of fused-ring (bicyclic) bond motifs is 3. The van der Waals surface area contributed by atoms with Crippen LogP contribution in [0.3, 0.4) is 0 Å². The Bertz CT molecular complexity index is 1760. The van der Waals surface area contributed by atoms with Crippen molar-refractivity contribution in [3.05, 3.63) is 104 Å². The van der Waals surface area contributed by atoms with Crippen LogP contribution in [0.1, 0.15) is 16.7 Å². The molecule has 0 bridgehead atoms. The van der Waals surface area contributed by atoms with Crippen molar-refractivity contribution in [3.63, 3.8) is 0 Å². The second-order valence-corrected chi connectivity index (χ2v) is 9.31. The van der Waals surface area contributed by atoms with Crippen LogP contribution in [0.25, 0.3) is 21.9 Å². The monoisotopic (exact) mass is 496 g/mol. The molecule has 0 radical (unpaired) electrons. The lowest BCUT2D eigenvalue weighted by atomic mass is 10.1. The zero-order chi connectivity index (χ0) is 26.3. The van der Waals surface area contributed by atoms with Crippen molar-refractivity contribution < 1.29 is 9.53 Å². The number of methoxy groups -OCH3 is 1. The Kier molecular flexibility index (Phi) is 6.17. The van der Waals surface area contributed by atoms with Gasteiger partial charge < -0.3 is 14.6 Å². The molecule has 0 aliphatic rings. The molecule has 8 heteroatoms. The van der Waals surface area contributed by atoms with Crippen LogP contribution in [0.15, 0.2) is 76.3 Å². The number of nitrogens with zero attached hydrogens (tertiary/aromatic N) is 3. The Balaban J connectivity index is 1.72. The highest BCUT2D eigenvalue weighted by atomic mass is 16.5. The fourth-order valence-corrected chi connectivity index (χ4v) is 4.95. The van der Waals surface area contributed by atoms with Crippen LogP contribution in [0, 0.1) is 13.8 Å². The maximum Gasteiger partial charge on any atom is 0.332 e. The van der Waals surface area contributed by atoms with Crippen LogP contribution >= 0.6 is 0 Å². The third-order valence-corrected chi connectivity index (χ3v) is 6.55. The molecule has 1 amide bonds. The molecule has 0 aliphatic carbocycles. The van der Waals surface area contributed by atoms with Gasteiger partial charge >= 0.3 is 5.69 Å². The van der Waals surface area contributed by atoms with Gasteiger partial charge in [0.1, 0.15) is 17.8 Å². The molecule has 188 valence electrons. The van der Waals surface area contributed by atoms with Gasteiger partial charge in [-0.2, -0.15) is 0 Å². The molecule has 0 spiro atoms. The quantitative estimate of drug-likeness (QED) is 0.385. The molecule has 5 rings (SSSR count). The van der Waals surface area contributed by atoms with E-state index in [2.05, 4.69) is 5.32 Å². The highest BCUT2D eigenvalue weighted by Gasteiger charge is 2.22. The van der Waals surface area contributed by atoms with Crippen molar-refractivity contribution in [2.75, 3.05) is 12.4 Å².